The van der Waals surface area contributed by atoms with Gasteiger partial charge in [-0.15, -0.1) is 0 Å². The third kappa shape index (κ3) is 1.36. The van der Waals surface area contributed by atoms with Crippen LogP contribution in [-0.2, 0) is 0 Å². The summed E-state index contributed by atoms with van der Waals surface area (Å²) in [5, 5.41) is 1.84. The van der Waals surface area contributed by atoms with Crippen molar-refractivity contribution in [3.05, 3.63) is 34.2 Å². The summed E-state index contributed by atoms with van der Waals surface area (Å²) < 4.78 is 5.58. The fourth-order valence-corrected chi connectivity index (χ4v) is 2.10. The maximum Gasteiger partial charge on any atom is 0.191 e. The summed E-state index contributed by atoms with van der Waals surface area (Å²) in [7, 11) is 0. The maximum atomic E-state index is 6.00. The maximum absolute atomic E-state index is 6.00. The zero-order chi connectivity index (χ0) is 11.3. The largest absolute Gasteiger partial charge is 0.451 e. The third-order valence-corrected chi connectivity index (χ3v) is 2.84. The molecular formula is C11H6Cl2N2O. The average Bonchev–Trinajstić information content (AvgIpc) is 2.56. The summed E-state index contributed by atoms with van der Waals surface area (Å²) in [6.45, 7) is 1.79. The second-order valence-electron chi connectivity index (χ2n) is 3.48. The molecule has 80 valence electrons. The highest BCUT2D eigenvalue weighted by atomic mass is 35.5. The predicted octanol–water partition coefficient (Wildman–Crippen LogP) is 3.99. The first-order valence-corrected chi connectivity index (χ1v) is 5.42. The van der Waals surface area contributed by atoms with Crippen molar-refractivity contribution in [2.75, 3.05) is 0 Å². The van der Waals surface area contributed by atoms with Crippen LogP contribution >= 0.6 is 23.2 Å². The number of halogens is 2. The van der Waals surface area contributed by atoms with E-state index in [2.05, 4.69) is 9.97 Å². The van der Waals surface area contributed by atoms with Gasteiger partial charge in [0.05, 0.1) is 0 Å². The molecule has 0 radical (unpaired) electrons. The Balaban J connectivity index is 2.55. The Bertz CT molecular complexity index is 706. The summed E-state index contributed by atoms with van der Waals surface area (Å²) in [5.41, 5.74) is 1.90. The molecule has 16 heavy (non-hydrogen) atoms. The molecular weight excluding hydrogens is 247 g/mol. The predicted molar refractivity (Wildman–Crippen MR) is 64.1 cm³/mol. The minimum absolute atomic E-state index is 0.329. The quantitative estimate of drug-likeness (QED) is 0.568. The van der Waals surface area contributed by atoms with Gasteiger partial charge in [-0.2, -0.15) is 0 Å². The molecule has 3 aromatic rings. The Kier molecular flexibility index (Phi) is 2.06. The molecule has 0 atom stereocenters. The van der Waals surface area contributed by atoms with Crippen LogP contribution in [0.1, 0.15) is 5.82 Å². The molecule has 0 aliphatic rings. The van der Waals surface area contributed by atoms with Crippen molar-refractivity contribution in [2.24, 2.45) is 0 Å². The number of aryl methyl sites for hydroxylation is 1. The SMILES string of the molecule is Cc1nc(Cl)c2oc3cc(Cl)ccc3c2n1. The first-order chi connectivity index (χ1) is 7.65. The Labute approximate surface area is 101 Å². The molecule has 5 heteroatoms. The fourth-order valence-electron chi connectivity index (χ4n) is 1.69. The number of nitrogens with zero attached hydrogens (tertiary/aromatic N) is 2. The molecule has 0 N–H and O–H groups in total. The molecule has 1 aromatic carbocycles. The molecule has 0 bridgehead atoms. The molecule has 2 aromatic heterocycles. The lowest BCUT2D eigenvalue weighted by molar-refractivity contribution is 0.665. The molecule has 3 nitrogen and oxygen atoms in total. The highest BCUT2D eigenvalue weighted by Gasteiger charge is 2.13. The monoisotopic (exact) mass is 252 g/mol. The number of benzene rings is 1. The van der Waals surface area contributed by atoms with E-state index < -0.39 is 0 Å². The zero-order valence-corrected chi connectivity index (χ0v) is 9.80. The zero-order valence-electron chi connectivity index (χ0n) is 8.29. The summed E-state index contributed by atoms with van der Waals surface area (Å²) in [6.07, 6.45) is 0. The van der Waals surface area contributed by atoms with E-state index in [9.17, 15) is 0 Å². The number of rotatable bonds is 0. The van der Waals surface area contributed by atoms with Crippen molar-refractivity contribution in [1.29, 1.82) is 0 Å². The highest BCUT2D eigenvalue weighted by Crippen LogP contribution is 2.32. The van der Waals surface area contributed by atoms with Crippen LogP contribution in [0.2, 0.25) is 10.2 Å². The molecule has 0 amide bonds. The van der Waals surface area contributed by atoms with Gasteiger partial charge >= 0.3 is 0 Å². The van der Waals surface area contributed by atoms with Gasteiger partial charge in [-0.3, -0.25) is 0 Å². The smallest absolute Gasteiger partial charge is 0.191 e. The molecule has 3 rings (SSSR count). The van der Waals surface area contributed by atoms with Crippen molar-refractivity contribution < 1.29 is 4.42 Å². The van der Waals surface area contributed by atoms with Crippen molar-refractivity contribution in [3.8, 4) is 0 Å². The number of aromatic nitrogens is 2. The molecule has 0 unspecified atom stereocenters. The fraction of sp³-hybridized carbons (Fsp3) is 0.0909. The van der Waals surface area contributed by atoms with E-state index in [1.807, 2.05) is 6.07 Å². The minimum atomic E-state index is 0.329. The van der Waals surface area contributed by atoms with Gasteiger partial charge in [0.15, 0.2) is 10.7 Å². The van der Waals surface area contributed by atoms with E-state index in [1.54, 1.807) is 19.1 Å². The van der Waals surface area contributed by atoms with E-state index >= 15 is 0 Å². The van der Waals surface area contributed by atoms with E-state index in [4.69, 9.17) is 27.6 Å². The van der Waals surface area contributed by atoms with Crippen LogP contribution in [0, 0.1) is 6.92 Å². The van der Waals surface area contributed by atoms with Gasteiger partial charge in [-0.05, 0) is 19.1 Å². The second kappa shape index (κ2) is 3.34. The Morgan fingerprint density at radius 3 is 2.81 bits per heavy atom. The van der Waals surface area contributed by atoms with Crippen LogP contribution in [0.15, 0.2) is 22.6 Å². The topological polar surface area (TPSA) is 38.9 Å². The van der Waals surface area contributed by atoms with Crippen LogP contribution in [0.4, 0.5) is 0 Å². The van der Waals surface area contributed by atoms with Crippen LogP contribution < -0.4 is 0 Å². The average molecular weight is 253 g/mol. The van der Waals surface area contributed by atoms with Crippen LogP contribution in [0.25, 0.3) is 22.1 Å². The summed E-state index contributed by atoms with van der Waals surface area (Å²) in [4.78, 5) is 8.37. The first-order valence-electron chi connectivity index (χ1n) is 4.67. The van der Waals surface area contributed by atoms with E-state index in [-0.39, 0.29) is 0 Å². The van der Waals surface area contributed by atoms with Crippen molar-refractivity contribution in [3.63, 3.8) is 0 Å². The molecule has 0 fully saturated rings. The second-order valence-corrected chi connectivity index (χ2v) is 4.28. The van der Waals surface area contributed by atoms with Crippen LogP contribution in [0.5, 0.6) is 0 Å². The Hall–Kier alpha value is -1.32. The van der Waals surface area contributed by atoms with E-state index in [1.165, 1.54) is 0 Å². The standard InChI is InChI=1S/C11H6Cl2N2O/c1-5-14-9-7-3-2-6(12)4-8(7)16-10(9)11(13)15-5/h2-4H,1H3. The van der Waals surface area contributed by atoms with Crippen molar-refractivity contribution in [1.82, 2.24) is 9.97 Å². The van der Waals surface area contributed by atoms with Crippen molar-refractivity contribution in [2.45, 2.75) is 6.92 Å². The van der Waals surface area contributed by atoms with Crippen LogP contribution in [-0.4, -0.2) is 9.97 Å². The van der Waals surface area contributed by atoms with Gasteiger partial charge in [-0.25, -0.2) is 9.97 Å². The summed E-state index contributed by atoms with van der Waals surface area (Å²) in [6, 6.07) is 5.40. The molecule has 0 aliphatic heterocycles. The number of hydrogen-bond acceptors (Lipinski definition) is 3. The van der Waals surface area contributed by atoms with Gasteiger partial charge in [0.2, 0.25) is 0 Å². The molecule has 0 saturated heterocycles. The minimum Gasteiger partial charge on any atom is -0.451 e. The van der Waals surface area contributed by atoms with E-state index in [0.717, 1.165) is 10.9 Å². The van der Waals surface area contributed by atoms with Crippen LogP contribution in [0.3, 0.4) is 0 Å². The number of hydrogen-bond donors (Lipinski definition) is 0. The lowest BCUT2D eigenvalue weighted by Gasteiger charge is -1.93. The Morgan fingerprint density at radius 1 is 1.19 bits per heavy atom. The molecule has 0 aliphatic carbocycles. The number of furan rings is 1. The van der Waals surface area contributed by atoms with Gasteiger partial charge in [0.1, 0.15) is 16.9 Å². The van der Waals surface area contributed by atoms with Gasteiger partial charge in [0.25, 0.3) is 0 Å². The highest BCUT2D eigenvalue weighted by molar-refractivity contribution is 6.34. The lowest BCUT2D eigenvalue weighted by Crippen LogP contribution is -1.87. The van der Waals surface area contributed by atoms with Crippen molar-refractivity contribution >= 4 is 45.3 Å². The molecule has 2 heterocycles. The number of fused-ring (bicyclic) bond motifs is 3. The first kappa shape index (κ1) is 9.87. The van der Waals surface area contributed by atoms with Gasteiger partial charge in [0, 0.05) is 16.5 Å². The molecule has 0 spiro atoms. The third-order valence-electron chi connectivity index (χ3n) is 2.35. The summed E-state index contributed by atoms with van der Waals surface area (Å²) in [5.74, 6) is 0.621. The van der Waals surface area contributed by atoms with E-state index in [0.29, 0.717) is 27.2 Å². The lowest BCUT2D eigenvalue weighted by atomic mass is 10.2. The molecule has 0 saturated carbocycles. The summed E-state index contributed by atoms with van der Waals surface area (Å²) >= 11 is 11.9. The normalized spacial score (nSPS) is 11.4. The van der Waals surface area contributed by atoms with Gasteiger partial charge < -0.3 is 4.42 Å². The Morgan fingerprint density at radius 2 is 2.00 bits per heavy atom. The van der Waals surface area contributed by atoms with Gasteiger partial charge in [-0.1, -0.05) is 23.2 Å².